The van der Waals surface area contributed by atoms with Crippen molar-refractivity contribution in [3.05, 3.63) is 40.2 Å². The molecule has 0 saturated carbocycles. The van der Waals surface area contributed by atoms with Crippen molar-refractivity contribution in [1.29, 1.82) is 0 Å². The van der Waals surface area contributed by atoms with Crippen LogP contribution in [0.2, 0.25) is 0 Å². The molecular weight excluding hydrogens is 260 g/mol. The van der Waals surface area contributed by atoms with Crippen LogP contribution in [0.25, 0.3) is 0 Å². The zero-order valence-corrected chi connectivity index (χ0v) is 11.5. The third-order valence-corrected chi connectivity index (χ3v) is 3.38. The van der Waals surface area contributed by atoms with Crippen molar-refractivity contribution in [3.8, 4) is 0 Å². The van der Waals surface area contributed by atoms with Gasteiger partial charge in [0.1, 0.15) is 5.82 Å². The molecule has 0 aliphatic heterocycles. The lowest BCUT2D eigenvalue weighted by Crippen LogP contribution is -2.28. The van der Waals surface area contributed by atoms with Crippen LogP contribution in [0.5, 0.6) is 0 Å². The molecule has 6 heteroatoms. The maximum Gasteiger partial charge on any atom is 0.261 e. The first-order chi connectivity index (χ1) is 9.16. The van der Waals surface area contributed by atoms with Gasteiger partial charge in [0.15, 0.2) is 0 Å². The highest BCUT2D eigenvalue weighted by atomic mass is 32.1. The van der Waals surface area contributed by atoms with Gasteiger partial charge < -0.3 is 16.4 Å². The Morgan fingerprint density at radius 1 is 1.37 bits per heavy atom. The van der Waals surface area contributed by atoms with E-state index in [9.17, 15) is 4.79 Å². The normalized spacial score (nSPS) is 10.2. The molecule has 0 fully saturated rings. The quantitative estimate of drug-likeness (QED) is 0.728. The largest absolute Gasteiger partial charge is 0.396 e. The highest BCUT2D eigenvalue weighted by molar-refractivity contribution is 7.12. The van der Waals surface area contributed by atoms with Crippen molar-refractivity contribution in [2.75, 3.05) is 24.1 Å². The number of aromatic nitrogens is 1. The molecule has 100 valence electrons. The molecule has 4 N–H and O–H groups in total. The maximum atomic E-state index is 11.7. The van der Waals surface area contributed by atoms with Crippen molar-refractivity contribution >= 4 is 28.7 Å². The Balaban J connectivity index is 1.78. The lowest BCUT2D eigenvalue weighted by molar-refractivity contribution is 0.0959. The van der Waals surface area contributed by atoms with Crippen LogP contribution in [-0.4, -0.2) is 24.0 Å². The number of rotatable bonds is 5. The second-order valence-corrected chi connectivity index (χ2v) is 5.00. The third kappa shape index (κ3) is 3.69. The summed E-state index contributed by atoms with van der Waals surface area (Å²) in [6.07, 6.45) is 0. The first-order valence-corrected chi connectivity index (χ1v) is 6.83. The molecule has 0 radical (unpaired) electrons. The molecule has 2 aromatic rings. The molecule has 0 spiro atoms. The van der Waals surface area contributed by atoms with Gasteiger partial charge in [0.05, 0.1) is 10.6 Å². The van der Waals surface area contributed by atoms with Gasteiger partial charge in [0.25, 0.3) is 5.91 Å². The number of hydrogen-bond donors (Lipinski definition) is 3. The van der Waals surface area contributed by atoms with Crippen LogP contribution in [-0.2, 0) is 0 Å². The number of anilines is 2. The van der Waals surface area contributed by atoms with E-state index in [4.69, 9.17) is 5.73 Å². The summed E-state index contributed by atoms with van der Waals surface area (Å²) in [6, 6.07) is 7.33. The lowest BCUT2D eigenvalue weighted by atomic mass is 10.3. The molecule has 0 aliphatic carbocycles. The Morgan fingerprint density at radius 3 is 2.95 bits per heavy atom. The van der Waals surface area contributed by atoms with Crippen molar-refractivity contribution < 1.29 is 4.79 Å². The van der Waals surface area contributed by atoms with Gasteiger partial charge in [-0.25, -0.2) is 4.98 Å². The molecule has 2 rings (SSSR count). The molecule has 2 heterocycles. The number of carbonyl (C=O) groups is 1. The molecule has 1 amide bonds. The SMILES string of the molecule is Cc1ccc(N)c(NCCNC(=O)c2cccs2)n1. The number of aryl methyl sites for hydroxylation is 1. The molecule has 0 atom stereocenters. The minimum absolute atomic E-state index is 0.0537. The van der Waals surface area contributed by atoms with Crippen molar-refractivity contribution in [2.45, 2.75) is 6.92 Å². The van der Waals surface area contributed by atoms with Gasteiger partial charge in [-0.05, 0) is 30.5 Å². The Hall–Kier alpha value is -2.08. The van der Waals surface area contributed by atoms with Crippen LogP contribution in [0.15, 0.2) is 29.6 Å². The molecule has 5 nitrogen and oxygen atoms in total. The number of nitrogen functional groups attached to an aromatic ring is 1. The summed E-state index contributed by atoms with van der Waals surface area (Å²) in [6.45, 7) is 3.01. The number of hydrogen-bond acceptors (Lipinski definition) is 5. The zero-order chi connectivity index (χ0) is 13.7. The maximum absolute atomic E-state index is 11.7. The standard InChI is InChI=1S/C13H16N4OS/c1-9-4-5-10(14)12(17-9)15-6-7-16-13(18)11-3-2-8-19-11/h2-5,8H,6-7,14H2,1H3,(H,15,17)(H,16,18). The highest BCUT2D eigenvalue weighted by Gasteiger charge is 2.05. The summed E-state index contributed by atoms with van der Waals surface area (Å²) >= 11 is 1.43. The predicted molar refractivity (Wildman–Crippen MR) is 78.5 cm³/mol. The fourth-order valence-electron chi connectivity index (χ4n) is 1.56. The van der Waals surface area contributed by atoms with Gasteiger partial charge in [-0.15, -0.1) is 11.3 Å². The van der Waals surface area contributed by atoms with Crippen molar-refractivity contribution in [2.24, 2.45) is 0 Å². The van der Waals surface area contributed by atoms with Crippen LogP contribution in [0.3, 0.4) is 0 Å². The summed E-state index contributed by atoms with van der Waals surface area (Å²) in [7, 11) is 0. The molecule has 0 bridgehead atoms. The second-order valence-electron chi connectivity index (χ2n) is 4.05. The van der Waals surface area contributed by atoms with Crippen LogP contribution in [0, 0.1) is 6.92 Å². The summed E-state index contributed by atoms with van der Waals surface area (Å²) in [4.78, 5) is 16.7. The van der Waals surface area contributed by atoms with E-state index in [2.05, 4.69) is 15.6 Å². The Kier molecular flexibility index (Phi) is 4.35. The summed E-state index contributed by atoms with van der Waals surface area (Å²) in [5, 5.41) is 7.82. The smallest absolute Gasteiger partial charge is 0.261 e. The first kappa shape index (κ1) is 13.4. The van der Waals surface area contributed by atoms with Gasteiger partial charge in [-0.3, -0.25) is 4.79 Å². The molecule has 0 unspecified atom stereocenters. The van der Waals surface area contributed by atoms with E-state index in [1.165, 1.54) is 11.3 Å². The number of nitrogens with one attached hydrogen (secondary N) is 2. The summed E-state index contributed by atoms with van der Waals surface area (Å²) in [5.74, 6) is 0.604. The van der Waals surface area contributed by atoms with E-state index in [1.54, 1.807) is 6.07 Å². The van der Waals surface area contributed by atoms with Gasteiger partial charge in [0.2, 0.25) is 0 Å². The van der Waals surface area contributed by atoms with Crippen LogP contribution in [0.1, 0.15) is 15.4 Å². The summed E-state index contributed by atoms with van der Waals surface area (Å²) in [5.41, 5.74) is 7.31. The van der Waals surface area contributed by atoms with E-state index in [-0.39, 0.29) is 5.91 Å². The van der Waals surface area contributed by atoms with Crippen LogP contribution >= 0.6 is 11.3 Å². The van der Waals surface area contributed by atoms with Crippen LogP contribution in [0.4, 0.5) is 11.5 Å². The average Bonchev–Trinajstić information content (AvgIpc) is 2.92. The molecule has 0 saturated heterocycles. The fourth-order valence-corrected chi connectivity index (χ4v) is 2.20. The van der Waals surface area contributed by atoms with Gasteiger partial charge in [-0.2, -0.15) is 0 Å². The van der Waals surface area contributed by atoms with E-state index < -0.39 is 0 Å². The van der Waals surface area contributed by atoms with Gasteiger partial charge >= 0.3 is 0 Å². The minimum Gasteiger partial charge on any atom is -0.396 e. The van der Waals surface area contributed by atoms with Gasteiger partial charge in [0, 0.05) is 18.8 Å². The van der Waals surface area contributed by atoms with Crippen molar-refractivity contribution in [3.63, 3.8) is 0 Å². The van der Waals surface area contributed by atoms with E-state index in [0.29, 0.717) is 29.5 Å². The van der Waals surface area contributed by atoms with Crippen molar-refractivity contribution in [1.82, 2.24) is 10.3 Å². The average molecular weight is 276 g/mol. The lowest BCUT2D eigenvalue weighted by Gasteiger charge is -2.09. The van der Waals surface area contributed by atoms with E-state index in [1.807, 2.05) is 30.5 Å². The molecular formula is C13H16N4OS. The third-order valence-electron chi connectivity index (χ3n) is 2.51. The van der Waals surface area contributed by atoms with Crippen LogP contribution < -0.4 is 16.4 Å². The number of thiophene rings is 1. The highest BCUT2D eigenvalue weighted by Crippen LogP contribution is 2.14. The van der Waals surface area contributed by atoms with E-state index in [0.717, 1.165) is 5.69 Å². The number of nitrogens with zero attached hydrogens (tertiary/aromatic N) is 1. The predicted octanol–water partition coefficient (Wildman–Crippen LogP) is 1.88. The minimum atomic E-state index is -0.0537. The summed E-state index contributed by atoms with van der Waals surface area (Å²) < 4.78 is 0. The Bertz CT molecular complexity index is 554. The molecule has 2 aromatic heterocycles. The number of amides is 1. The Labute approximate surface area is 115 Å². The molecule has 0 aliphatic rings. The number of carbonyl (C=O) groups excluding carboxylic acids is 1. The van der Waals surface area contributed by atoms with E-state index >= 15 is 0 Å². The topological polar surface area (TPSA) is 80.0 Å². The first-order valence-electron chi connectivity index (χ1n) is 5.95. The second kappa shape index (κ2) is 6.19. The zero-order valence-electron chi connectivity index (χ0n) is 10.6. The molecule has 19 heavy (non-hydrogen) atoms. The molecule has 0 aromatic carbocycles. The van der Waals surface area contributed by atoms with Gasteiger partial charge in [-0.1, -0.05) is 6.07 Å². The Morgan fingerprint density at radius 2 is 2.21 bits per heavy atom. The monoisotopic (exact) mass is 276 g/mol. The fraction of sp³-hybridized carbons (Fsp3) is 0.231. The number of pyridine rings is 1. The number of nitrogens with two attached hydrogens (primary N) is 1.